The summed E-state index contributed by atoms with van der Waals surface area (Å²) < 4.78 is 85.3. The molecule has 0 aliphatic heterocycles. The molecule has 0 radical (unpaired) electrons. The van der Waals surface area contributed by atoms with Crippen LogP contribution in [0.25, 0.3) is 127 Å². The van der Waals surface area contributed by atoms with E-state index in [0.717, 1.165) is 87.9 Å². The molecule has 0 fully saturated rings. The third-order valence-corrected chi connectivity index (χ3v) is 12.7. The molecule has 14 rings (SSSR count). The number of hydrogen-bond donors (Lipinski definition) is 0. The lowest BCUT2D eigenvalue weighted by atomic mass is 9.94. The summed E-state index contributed by atoms with van der Waals surface area (Å²) in [6.45, 7) is 0. The average Bonchev–Trinajstić information content (AvgIpc) is 4.17. The van der Waals surface area contributed by atoms with E-state index in [9.17, 15) is 5.48 Å². The molecule has 0 aliphatic rings. The summed E-state index contributed by atoms with van der Waals surface area (Å²) in [6, 6.07) is 53.3. The van der Waals surface area contributed by atoms with E-state index in [2.05, 4.69) is 75.9 Å². The molecule has 0 aliphatic carbocycles. The Balaban J connectivity index is 1.19. The molecule has 0 amide bonds. The zero-order valence-corrected chi connectivity index (χ0v) is 33.9. The van der Waals surface area contributed by atoms with Crippen LogP contribution in [-0.4, -0.2) is 18.7 Å². The van der Waals surface area contributed by atoms with Crippen molar-refractivity contribution in [3.05, 3.63) is 218 Å². The van der Waals surface area contributed by atoms with Crippen molar-refractivity contribution >= 4 is 87.4 Å². The molecule has 9 aromatic carbocycles. The number of hydrogen-bond acceptors (Lipinski definition) is 2. The minimum atomic E-state index is -0.507. The highest BCUT2D eigenvalue weighted by Gasteiger charge is 2.24. The molecule has 0 bridgehead atoms. The lowest BCUT2D eigenvalue weighted by Crippen LogP contribution is -2.05. The summed E-state index contributed by atoms with van der Waals surface area (Å²) >= 11 is 0. The number of nitrogens with zero attached hydrogens (tertiary/aromatic N) is 4. The van der Waals surface area contributed by atoms with E-state index in [1.807, 2.05) is 103 Å². The highest BCUT2D eigenvalue weighted by atomic mass is 16.3. The quantitative estimate of drug-likeness (QED) is 0.173. The van der Waals surface area contributed by atoms with Crippen molar-refractivity contribution in [2.75, 3.05) is 0 Å². The number of rotatable bonds is 5. The summed E-state index contributed by atoms with van der Waals surface area (Å²) in [7, 11) is 0. The van der Waals surface area contributed by atoms with Gasteiger partial charge in [0.1, 0.15) is 17.0 Å². The van der Waals surface area contributed by atoms with Crippen molar-refractivity contribution < 1.29 is 15.4 Å². The van der Waals surface area contributed by atoms with Gasteiger partial charge in [0, 0.05) is 54.7 Å². The van der Waals surface area contributed by atoms with Gasteiger partial charge in [-0.3, -0.25) is 4.57 Å². The maximum absolute atomic E-state index is 9.50. The molecule has 0 saturated carbocycles. The third-order valence-electron chi connectivity index (χ3n) is 12.7. The minimum absolute atomic E-state index is 0.00760. The number of aromatic nitrogens is 4. The Hall–Kier alpha value is -8.67. The van der Waals surface area contributed by atoms with E-state index in [1.54, 1.807) is 4.57 Å². The standard InChI is InChI=1S/C59H36N4O/c1-8-24-49-40(16-1)41-17-2-9-25-50(41)61(49)38-35-48(60-58(36-38)63-53-28-12-5-20-44(53)45-21-6-13-29-54(45)63)59-39(37-32-33-57-47(34-37)46-22-7-14-31-56(46)64-57)23-15-30-55(59)62-51-26-10-3-18-42(51)43-19-4-11-27-52(43)62/h1-36H/i1D,2D,8D,9D,16D,17D,24D,25D. The summed E-state index contributed by atoms with van der Waals surface area (Å²) in [5, 5.41) is 6.02. The molecule has 0 atom stereocenters. The zero-order chi connectivity index (χ0) is 48.8. The number of pyridine rings is 1. The van der Waals surface area contributed by atoms with Gasteiger partial charge in [-0.05, 0) is 77.8 Å². The van der Waals surface area contributed by atoms with Crippen molar-refractivity contribution in [1.29, 1.82) is 0 Å². The Bertz CT molecular complexity index is 4510. The Morgan fingerprint density at radius 1 is 0.391 bits per heavy atom. The van der Waals surface area contributed by atoms with Gasteiger partial charge in [0.05, 0.1) is 61.1 Å². The van der Waals surface area contributed by atoms with E-state index in [4.69, 9.17) is 14.9 Å². The molecule has 5 aromatic heterocycles. The van der Waals surface area contributed by atoms with E-state index in [0.29, 0.717) is 17.2 Å². The van der Waals surface area contributed by atoms with Gasteiger partial charge in [-0.25, -0.2) is 4.98 Å². The van der Waals surface area contributed by atoms with Crippen LogP contribution >= 0.6 is 0 Å². The first-order valence-electron chi connectivity index (χ1n) is 25.1. The van der Waals surface area contributed by atoms with Crippen molar-refractivity contribution in [3.63, 3.8) is 0 Å². The van der Waals surface area contributed by atoms with Gasteiger partial charge < -0.3 is 13.6 Å². The van der Waals surface area contributed by atoms with Gasteiger partial charge in [-0.15, -0.1) is 0 Å². The van der Waals surface area contributed by atoms with Crippen LogP contribution < -0.4 is 0 Å². The fourth-order valence-electron chi connectivity index (χ4n) is 10.0. The molecular formula is C59H36N4O. The van der Waals surface area contributed by atoms with Gasteiger partial charge in [0.2, 0.25) is 0 Å². The lowest BCUT2D eigenvalue weighted by molar-refractivity contribution is 0.669. The fraction of sp³-hybridized carbons (Fsp3) is 0. The van der Waals surface area contributed by atoms with Gasteiger partial charge in [0.25, 0.3) is 0 Å². The number of fused-ring (bicyclic) bond motifs is 12. The molecule has 0 spiro atoms. The van der Waals surface area contributed by atoms with Gasteiger partial charge in [-0.2, -0.15) is 0 Å². The Morgan fingerprint density at radius 2 is 0.922 bits per heavy atom. The van der Waals surface area contributed by atoms with Crippen LogP contribution in [0.4, 0.5) is 0 Å². The molecule has 5 nitrogen and oxygen atoms in total. The zero-order valence-electron chi connectivity index (χ0n) is 41.9. The predicted molar refractivity (Wildman–Crippen MR) is 265 cm³/mol. The van der Waals surface area contributed by atoms with Gasteiger partial charge in [0.15, 0.2) is 0 Å². The van der Waals surface area contributed by atoms with Crippen LogP contribution in [0.2, 0.25) is 0 Å². The molecule has 0 unspecified atom stereocenters. The second kappa shape index (κ2) is 13.4. The van der Waals surface area contributed by atoms with Crippen LogP contribution in [0.5, 0.6) is 0 Å². The molecule has 0 saturated heterocycles. The van der Waals surface area contributed by atoms with Crippen LogP contribution in [-0.2, 0) is 0 Å². The van der Waals surface area contributed by atoms with Crippen LogP contribution in [0.1, 0.15) is 11.0 Å². The number of furan rings is 1. The predicted octanol–water partition coefficient (Wildman–Crippen LogP) is 15.6. The molecule has 64 heavy (non-hydrogen) atoms. The summed E-state index contributed by atoms with van der Waals surface area (Å²) in [4.78, 5) is 5.69. The largest absolute Gasteiger partial charge is 0.456 e. The minimum Gasteiger partial charge on any atom is -0.456 e. The third kappa shape index (κ3) is 4.98. The summed E-state index contributed by atoms with van der Waals surface area (Å²) in [5.74, 6) is 0.468. The van der Waals surface area contributed by atoms with Crippen molar-refractivity contribution in [2.24, 2.45) is 0 Å². The van der Waals surface area contributed by atoms with E-state index in [-0.39, 0.29) is 33.9 Å². The second-order valence-corrected chi connectivity index (χ2v) is 16.1. The maximum Gasteiger partial charge on any atom is 0.140 e. The molecule has 5 heterocycles. The van der Waals surface area contributed by atoms with E-state index >= 15 is 0 Å². The van der Waals surface area contributed by atoms with Crippen LogP contribution in [0.15, 0.2) is 223 Å². The first kappa shape index (κ1) is 28.0. The van der Waals surface area contributed by atoms with Crippen molar-refractivity contribution in [1.82, 2.24) is 18.7 Å². The first-order chi connectivity index (χ1) is 35.1. The fourth-order valence-corrected chi connectivity index (χ4v) is 10.0. The highest BCUT2D eigenvalue weighted by molar-refractivity contribution is 6.13. The van der Waals surface area contributed by atoms with Gasteiger partial charge in [-0.1, -0.05) is 145 Å². The average molecular weight is 825 g/mol. The Morgan fingerprint density at radius 3 is 1.55 bits per heavy atom. The Kier molecular flexibility index (Phi) is 5.88. The molecule has 0 N–H and O–H groups in total. The second-order valence-electron chi connectivity index (χ2n) is 16.1. The van der Waals surface area contributed by atoms with Gasteiger partial charge >= 0.3 is 0 Å². The summed E-state index contributed by atoms with van der Waals surface area (Å²) in [6.07, 6.45) is 0. The number of benzene rings is 9. The van der Waals surface area contributed by atoms with E-state index < -0.39 is 36.3 Å². The molecule has 14 aromatic rings. The van der Waals surface area contributed by atoms with E-state index in [1.165, 1.54) is 0 Å². The smallest absolute Gasteiger partial charge is 0.140 e. The van der Waals surface area contributed by atoms with Crippen LogP contribution in [0.3, 0.4) is 0 Å². The topological polar surface area (TPSA) is 40.8 Å². The number of para-hydroxylation sites is 7. The monoisotopic (exact) mass is 824 g/mol. The normalized spacial score (nSPS) is 13.8. The first-order valence-corrected chi connectivity index (χ1v) is 21.1. The molecule has 298 valence electrons. The summed E-state index contributed by atoms with van der Waals surface area (Å²) in [5.41, 5.74) is 9.37. The SMILES string of the molecule is [2H]c1c([2H])c([2H])c2c(c1[2H])c1c([2H])c([2H])c([2H])c([2H])c1n2-c1cc(-c2c(-c3ccc4oc5ccccc5c4c3)cccc2-n2c3ccccc3c3ccccc32)nc(-n2c3ccccc3c3ccccc32)c1. The van der Waals surface area contributed by atoms with Crippen molar-refractivity contribution in [2.45, 2.75) is 0 Å². The maximum atomic E-state index is 9.50. The Labute approximate surface area is 378 Å². The molecule has 5 heteroatoms. The highest BCUT2D eigenvalue weighted by Crippen LogP contribution is 2.44. The van der Waals surface area contributed by atoms with Crippen LogP contribution in [0, 0.1) is 0 Å². The molecular weight excluding hydrogens is 781 g/mol. The lowest BCUT2D eigenvalue weighted by Gasteiger charge is -2.20. The van der Waals surface area contributed by atoms with Crippen molar-refractivity contribution in [3.8, 4) is 39.6 Å².